The summed E-state index contributed by atoms with van der Waals surface area (Å²) in [6.45, 7) is 2.52. The van der Waals surface area contributed by atoms with Crippen LogP contribution in [0.2, 0.25) is 0 Å². The maximum absolute atomic E-state index is 5.06. The average molecular weight is 464 g/mol. The summed E-state index contributed by atoms with van der Waals surface area (Å²) < 4.78 is 8.44. The molecule has 0 radical (unpaired) electrons. The third-order valence-electron chi connectivity index (χ3n) is 5.36. The van der Waals surface area contributed by atoms with Crippen molar-refractivity contribution in [1.82, 2.24) is 8.85 Å². The first-order chi connectivity index (χ1) is 12.8. The van der Waals surface area contributed by atoms with Crippen LogP contribution in [0.4, 0.5) is 0 Å². The Bertz CT molecular complexity index is 649. The fraction of sp³-hybridized carbons (Fsp3) is 0.455. The van der Waals surface area contributed by atoms with Crippen molar-refractivity contribution in [2.75, 3.05) is 20.3 Å². The third kappa shape index (κ3) is 5.52. The van der Waals surface area contributed by atoms with Crippen molar-refractivity contribution in [2.45, 2.75) is 44.2 Å². The lowest BCUT2D eigenvalue weighted by atomic mass is 9.82. The Morgan fingerprint density at radius 3 is 2.12 bits per heavy atom. The van der Waals surface area contributed by atoms with E-state index in [1.807, 2.05) is 0 Å². The quantitative estimate of drug-likeness (QED) is 0.326. The summed E-state index contributed by atoms with van der Waals surface area (Å²) in [6.07, 6.45) is 5.17. The molecule has 2 aromatic carbocycles. The van der Waals surface area contributed by atoms with Gasteiger partial charge in [-0.05, 0) is 53.9 Å². The van der Waals surface area contributed by atoms with Gasteiger partial charge in [0.2, 0.25) is 0 Å². The van der Waals surface area contributed by atoms with E-state index in [0.717, 1.165) is 25.6 Å². The van der Waals surface area contributed by atoms with Crippen LogP contribution in [0.15, 0.2) is 48.5 Å². The van der Waals surface area contributed by atoms with Crippen molar-refractivity contribution in [3.63, 3.8) is 0 Å². The SMILES string of the molecule is COCCNCc1ccc(-c2ccc(C3CCC(NI)CC3)cc2)cc1. The summed E-state index contributed by atoms with van der Waals surface area (Å²) in [4.78, 5) is 0. The maximum atomic E-state index is 5.06. The zero-order valence-electron chi connectivity index (χ0n) is 15.5. The van der Waals surface area contributed by atoms with Gasteiger partial charge in [0.15, 0.2) is 0 Å². The maximum Gasteiger partial charge on any atom is 0.0587 e. The number of hydrogen-bond donors (Lipinski definition) is 2. The first-order valence-corrected chi connectivity index (χ1v) is 10.6. The third-order valence-corrected chi connectivity index (χ3v) is 6.24. The Kier molecular flexibility index (Phi) is 7.92. The molecule has 0 atom stereocenters. The van der Waals surface area contributed by atoms with Crippen LogP contribution in [0.3, 0.4) is 0 Å². The largest absolute Gasteiger partial charge is 0.383 e. The van der Waals surface area contributed by atoms with E-state index in [2.05, 4.69) is 80.2 Å². The molecule has 1 aliphatic carbocycles. The van der Waals surface area contributed by atoms with Crippen LogP contribution >= 0.6 is 22.9 Å². The Morgan fingerprint density at radius 2 is 1.54 bits per heavy atom. The van der Waals surface area contributed by atoms with Crippen LogP contribution in [-0.4, -0.2) is 26.3 Å². The van der Waals surface area contributed by atoms with E-state index in [0.29, 0.717) is 6.04 Å². The molecule has 1 aliphatic rings. The van der Waals surface area contributed by atoms with E-state index >= 15 is 0 Å². The molecule has 3 rings (SSSR count). The Hall–Kier alpha value is -0.950. The van der Waals surface area contributed by atoms with E-state index < -0.39 is 0 Å². The molecular weight excluding hydrogens is 435 g/mol. The van der Waals surface area contributed by atoms with Gasteiger partial charge in [-0.1, -0.05) is 48.5 Å². The number of hydrogen-bond acceptors (Lipinski definition) is 3. The van der Waals surface area contributed by atoms with Crippen LogP contribution < -0.4 is 8.85 Å². The highest BCUT2D eigenvalue weighted by atomic mass is 127. The van der Waals surface area contributed by atoms with E-state index in [9.17, 15) is 0 Å². The lowest BCUT2D eigenvalue weighted by Gasteiger charge is -2.28. The molecular formula is C22H29IN2O. The predicted octanol–water partition coefficient (Wildman–Crippen LogP) is 5.06. The average Bonchev–Trinajstić information content (AvgIpc) is 2.72. The van der Waals surface area contributed by atoms with Crippen molar-refractivity contribution < 1.29 is 4.74 Å². The molecule has 1 fully saturated rings. The normalized spacial score (nSPS) is 20.2. The molecule has 2 N–H and O–H groups in total. The number of benzene rings is 2. The van der Waals surface area contributed by atoms with Gasteiger partial charge in [-0.2, -0.15) is 0 Å². The van der Waals surface area contributed by atoms with Crippen molar-refractivity contribution in [3.05, 3.63) is 59.7 Å². The van der Waals surface area contributed by atoms with Crippen LogP contribution in [-0.2, 0) is 11.3 Å². The summed E-state index contributed by atoms with van der Waals surface area (Å²) in [5.41, 5.74) is 5.40. The van der Waals surface area contributed by atoms with Gasteiger partial charge in [0.1, 0.15) is 0 Å². The Labute approximate surface area is 171 Å². The van der Waals surface area contributed by atoms with Crippen molar-refractivity contribution in [2.24, 2.45) is 0 Å². The molecule has 3 nitrogen and oxygen atoms in total. The van der Waals surface area contributed by atoms with Crippen LogP contribution in [0.1, 0.15) is 42.7 Å². The zero-order chi connectivity index (χ0) is 18.2. The molecule has 0 spiro atoms. The molecule has 0 bridgehead atoms. The van der Waals surface area contributed by atoms with Gasteiger partial charge >= 0.3 is 0 Å². The van der Waals surface area contributed by atoms with Crippen LogP contribution in [0, 0.1) is 0 Å². The van der Waals surface area contributed by atoms with Gasteiger partial charge in [0.05, 0.1) is 6.61 Å². The van der Waals surface area contributed by atoms with Gasteiger partial charge in [0.25, 0.3) is 0 Å². The minimum absolute atomic E-state index is 0.702. The van der Waals surface area contributed by atoms with E-state index in [4.69, 9.17) is 4.74 Å². The minimum Gasteiger partial charge on any atom is -0.383 e. The summed E-state index contributed by atoms with van der Waals surface area (Å²) >= 11 is 2.29. The zero-order valence-corrected chi connectivity index (χ0v) is 17.7. The molecule has 2 aromatic rings. The van der Waals surface area contributed by atoms with Gasteiger partial charge < -0.3 is 10.1 Å². The molecule has 140 valence electrons. The van der Waals surface area contributed by atoms with Crippen LogP contribution in [0.5, 0.6) is 0 Å². The monoisotopic (exact) mass is 464 g/mol. The second-order valence-electron chi connectivity index (χ2n) is 7.15. The standard InChI is InChI=1S/C22H29IN2O/c1-26-15-14-24-16-17-2-4-18(5-3-17)19-6-8-20(9-7-19)21-10-12-22(25-23)13-11-21/h2-9,21-22,24-25H,10-16H2,1H3. The highest BCUT2D eigenvalue weighted by Crippen LogP contribution is 2.34. The number of halogens is 1. The molecule has 0 aromatic heterocycles. The topological polar surface area (TPSA) is 33.3 Å². The highest BCUT2D eigenvalue weighted by Gasteiger charge is 2.21. The van der Waals surface area contributed by atoms with E-state index in [1.165, 1.54) is 47.9 Å². The molecule has 0 heterocycles. The second kappa shape index (κ2) is 10.4. The predicted molar refractivity (Wildman–Crippen MR) is 118 cm³/mol. The first kappa shape index (κ1) is 19.8. The van der Waals surface area contributed by atoms with Crippen molar-refractivity contribution in [1.29, 1.82) is 0 Å². The molecule has 0 unspecified atom stereocenters. The van der Waals surface area contributed by atoms with Gasteiger partial charge in [-0.3, -0.25) is 3.53 Å². The summed E-state index contributed by atoms with van der Waals surface area (Å²) in [6, 6.07) is 18.8. The number of nitrogens with one attached hydrogen (secondary N) is 2. The minimum atomic E-state index is 0.702. The fourth-order valence-electron chi connectivity index (χ4n) is 3.71. The molecule has 1 saturated carbocycles. The number of methoxy groups -OCH3 is 1. The lowest BCUT2D eigenvalue weighted by molar-refractivity contribution is 0.199. The number of ether oxygens (including phenoxy) is 1. The van der Waals surface area contributed by atoms with Crippen LogP contribution in [0.25, 0.3) is 11.1 Å². The first-order valence-electron chi connectivity index (χ1n) is 9.55. The van der Waals surface area contributed by atoms with E-state index in [-0.39, 0.29) is 0 Å². The molecule has 0 amide bonds. The van der Waals surface area contributed by atoms with Gasteiger partial charge in [-0.15, -0.1) is 0 Å². The number of rotatable bonds is 8. The second-order valence-corrected chi connectivity index (χ2v) is 7.77. The summed E-state index contributed by atoms with van der Waals surface area (Å²) in [7, 11) is 1.73. The molecule has 0 aliphatic heterocycles. The lowest BCUT2D eigenvalue weighted by Crippen LogP contribution is -2.25. The smallest absolute Gasteiger partial charge is 0.0587 e. The Morgan fingerprint density at radius 1 is 0.923 bits per heavy atom. The van der Waals surface area contributed by atoms with Gasteiger partial charge in [0, 0.05) is 49.1 Å². The summed E-state index contributed by atoms with van der Waals surface area (Å²) in [5, 5.41) is 3.38. The van der Waals surface area contributed by atoms with Crippen molar-refractivity contribution >= 4 is 22.9 Å². The molecule has 4 heteroatoms. The Balaban J connectivity index is 1.56. The highest BCUT2D eigenvalue weighted by molar-refractivity contribution is 14.1. The molecule has 26 heavy (non-hydrogen) atoms. The molecule has 0 saturated heterocycles. The summed E-state index contributed by atoms with van der Waals surface area (Å²) in [5.74, 6) is 0.727. The fourth-order valence-corrected chi connectivity index (χ4v) is 4.33. The van der Waals surface area contributed by atoms with Crippen molar-refractivity contribution in [3.8, 4) is 11.1 Å². The van der Waals surface area contributed by atoms with E-state index in [1.54, 1.807) is 7.11 Å². The van der Waals surface area contributed by atoms with Gasteiger partial charge in [-0.25, -0.2) is 0 Å².